The van der Waals surface area contributed by atoms with E-state index in [9.17, 15) is 26.4 Å². The van der Waals surface area contributed by atoms with Crippen molar-refractivity contribution < 1.29 is 16.8 Å². The molecule has 0 radical (unpaired) electrons. The van der Waals surface area contributed by atoms with Gasteiger partial charge in [-0.3, -0.25) is 9.59 Å². The largest absolute Gasteiger partial charge is 0.354 e. The van der Waals surface area contributed by atoms with E-state index in [1.54, 1.807) is 12.1 Å². The van der Waals surface area contributed by atoms with Crippen LogP contribution in [0.4, 0.5) is 0 Å². The van der Waals surface area contributed by atoms with Gasteiger partial charge in [-0.2, -0.15) is 0 Å². The van der Waals surface area contributed by atoms with E-state index in [1.807, 2.05) is 39.8 Å². The average Bonchev–Trinajstić information content (AvgIpc) is 2.73. The van der Waals surface area contributed by atoms with Crippen molar-refractivity contribution in [3.63, 3.8) is 0 Å². The van der Waals surface area contributed by atoms with Gasteiger partial charge in [0.15, 0.2) is 10.9 Å². The molecule has 5 rings (SSSR count). The Bertz CT molecular complexity index is 1900. The first kappa shape index (κ1) is 34.5. The molecule has 10 heteroatoms. The predicted molar refractivity (Wildman–Crippen MR) is 172 cm³/mol. The van der Waals surface area contributed by atoms with Crippen molar-refractivity contribution >= 4 is 63.3 Å². The molecule has 2 heterocycles. The summed E-state index contributed by atoms with van der Waals surface area (Å²) in [6.07, 6.45) is 4.64. The van der Waals surface area contributed by atoms with Gasteiger partial charge in [0.25, 0.3) is 0 Å². The molecule has 40 heavy (non-hydrogen) atoms. The third-order valence-electron chi connectivity index (χ3n) is 5.62. The van der Waals surface area contributed by atoms with E-state index in [-0.39, 0.29) is 25.7 Å². The van der Waals surface area contributed by atoms with E-state index in [0.717, 1.165) is 58.3 Å². The Morgan fingerprint density at radius 3 is 1.05 bits per heavy atom. The number of pyridine rings is 2. The van der Waals surface area contributed by atoms with Gasteiger partial charge in [0.05, 0.1) is 22.1 Å². The molecule has 0 saturated carbocycles. The zero-order valence-corrected chi connectivity index (χ0v) is 24.4. The van der Waals surface area contributed by atoms with Crippen LogP contribution < -0.4 is 10.9 Å². The van der Waals surface area contributed by atoms with Crippen LogP contribution in [-0.4, -0.2) is 51.8 Å². The number of hydrogen-bond acceptors (Lipinski definition) is 6. The van der Waals surface area contributed by atoms with E-state index in [4.69, 9.17) is 0 Å². The zero-order chi connectivity index (χ0) is 28.7. The second kappa shape index (κ2) is 12.3. The van der Waals surface area contributed by atoms with Crippen molar-refractivity contribution in [1.82, 2.24) is 9.97 Å². The van der Waals surface area contributed by atoms with Crippen LogP contribution in [0.15, 0.2) is 46.0 Å². The van der Waals surface area contributed by atoms with Crippen LogP contribution >= 0.6 is 0 Å². The average molecular weight is 589 g/mol. The molecule has 0 fully saturated rings. The van der Waals surface area contributed by atoms with Gasteiger partial charge in [0.2, 0.25) is 0 Å². The summed E-state index contributed by atoms with van der Waals surface area (Å²) >= 11 is 0. The molecule has 0 aliphatic carbocycles. The third-order valence-corrected chi connectivity index (χ3v) is 5.62. The number of fused-ring (bicyclic) bond motifs is 4. The number of aromatic nitrogens is 2. The van der Waals surface area contributed by atoms with Crippen molar-refractivity contribution in [3.8, 4) is 0 Å². The molecule has 218 valence electrons. The number of H-pyrrole nitrogens is 2. The molecule has 0 aliphatic rings. The van der Waals surface area contributed by atoms with Crippen molar-refractivity contribution in [1.29, 1.82) is 0 Å². The Morgan fingerprint density at radius 2 is 0.775 bits per heavy atom. The molecule has 2 N–H and O–H groups in total. The molecule has 5 aromatic rings. The molecule has 0 unspecified atom stereocenters. The van der Waals surface area contributed by atoms with Crippen molar-refractivity contribution in [2.24, 2.45) is 0 Å². The van der Waals surface area contributed by atoms with Gasteiger partial charge >= 0.3 is 0 Å². The van der Waals surface area contributed by atoms with E-state index in [0.29, 0.717) is 32.6 Å². The van der Waals surface area contributed by atoms with Gasteiger partial charge in [-0.1, -0.05) is 27.0 Å². The summed E-state index contributed by atoms with van der Waals surface area (Å²) in [5.74, 6) is 0. The normalized spacial score (nSPS) is 11.2. The molecular formula is C30H40N2O6S2. The molecule has 0 spiro atoms. The Kier molecular flexibility index (Phi) is 10.7. The number of benzene rings is 3. The van der Waals surface area contributed by atoms with E-state index in [2.05, 4.69) is 22.1 Å². The molecular weight excluding hydrogens is 548 g/mol. The Hall–Kier alpha value is -3.50. The van der Waals surface area contributed by atoms with Gasteiger partial charge < -0.3 is 9.97 Å². The topological polar surface area (TPSA) is 134 Å². The molecule has 2 aromatic heterocycles. The number of sulfone groups is 2. The summed E-state index contributed by atoms with van der Waals surface area (Å²) in [6.45, 7) is 7.96. The summed E-state index contributed by atoms with van der Waals surface area (Å²) in [6, 6.07) is 11.6. The fourth-order valence-electron chi connectivity index (χ4n) is 4.37. The SMILES string of the molecule is C.C.CS(C)(=O)=O.CS(C)(=O)=O.Cc1cc(C)c2[nH]c3cc4c(=O)c5cc(C)cc(C)c5[nH]c4cc3c(=O)c2c1. The van der Waals surface area contributed by atoms with Gasteiger partial charge in [-0.25, -0.2) is 16.8 Å². The van der Waals surface area contributed by atoms with Crippen molar-refractivity contribution in [2.45, 2.75) is 42.5 Å². The zero-order valence-electron chi connectivity index (χ0n) is 22.7. The minimum absolute atomic E-state index is 0. The maximum atomic E-state index is 13.2. The Morgan fingerprint density at radius 1 is 0.500 bits per heavy atom. The first-order valence-corrected chi connectivity index (χ1v) is 16.3. The number of nitrogens with one attached hydrogen (secondary N) is 2. The van der Waals surface area contributed by atoms with Gasteiger partial charge in [0.1, 0.15) is 19.7 Å². The van der Waals surface area contributed by atoms with Crippen LogP contribution in [0.3, 0.4) is 0 Å². The molecule has 0 saturated heterocycles. The fourth-order valence-corrected chi connectivity index (χ4v) is 4.37. The number of aromatic amines is 2. The maximum absolute atomic E-state index is 13.2. The van der Waals surface area contributed by atoms with Gasteiger partial charge in [0, 0.05) is 46.6 Å². The smallest absolute Gasteiger partial charge is 0.197 e. The standard InChI is InChI=1S/C24H20N2O2.2C2H6O2S.2CH4/c1-11-5-13(3)21-17(7-11)23(27)15-9-20-16(10-19(15)25-21)24(28)18-8-12(2)6-14(4)22(18)26-20;2*1-5(2,3)4;;/h5-10H,1-4H3,(H,25,27)(H,26,28);2*1-2H3;2*1H4. The molecule has 0 amide bonds. The van der Waals surface area contributed by atoms with Crippen LogP contribution in [0.25, 0.3) is 43.6 Å². The summed E-state index contributed by atoms with van der Waals surface area (Å²) in [7, 11) is -5.33. The lowest BCUT2D eigenvalue weighted by molar-refractivity contribution is 0.605. The molecule has 8 nitrogen and oxygen atoms in total. The minimum atomic E-state index is -2.67. The van der Waals surface area contributed by atoms with E-state index in [1.165, 1.54) is 0 Å². The maximum Gasteiger partial charge on any atom is 0.197 e. The summed E-state index contributed by atoms with van der Waals surface area (Å²) in [5, 5.41) is 2.54. The van der Waals surface area contributed by atoms with Crippen LogP contribution in [0, 0.1) is 27.7 Å². The second-order valence-electron chi connectivity index (χ2n) is 10.1. The fraction of sp³-hybridized carbons (Fsp3) is 0.333. The molecule has 3 aromatic carbocycles. The quantitative estimate of drug-likeness (QED) is 0.229. The lowest BCUT2D eigenvalue weighted by atomic mass is 10.0. The van der Waals surface area contributed by atoms with Crippen LogP contribution in [-0.2, 0) is 19.7 Å². The van der Waals surface area contributed by atoms with Crippen LogP contribution in [0.5, 0.6) is 0 Å². The number of hydrogen-bond donors (Lipinski definition) is 2. The van der Waals surface area contributed by atoms with E-state index < -0.39 is 19.7 Å². The first-order chi connectivity index (χ1) is 17.3. The van der Waals surface area contributed by atoms with Gasteiger partial charge in [-0.15, -0.1) is 0 Å². The molecule has 0 atom stereocenters. The van der Waals surface area contributed by atoms with Crippen LogP contribution in [0.2, 0.25) is 0 Å². The second-order valence-corrected chi connectivity index (χ2v) is 14.7. The Balaban J connectivity index is 0.000000579. The Labute approximate surface area is 236 Å². The highest BCUT2D eigenvalue weighted by Gasteiger charge is 2.13. The van der Waals surface area contributed by atoms with Crippen molar-refractivity contribution in [2.75, 3.05) is 25.0 Å². The third kappa shape index (κ3) is 8.25. The first-order valence-electron chi connectivity index (χ1n) is 11.7. The van der Waals surface area contributed by atoms with Gasteiger partial charge in [-0.05, 0) is 74.2 Å². The summed E-state index contributed by atoms with van der Waals surface area (Å²) < 4.78 is 38.5. The number of rotatable bonds is 0. The lowest BCUT2D eigenvalue weighted by Crippen LogP contribution is -2.09. The lowest BCUT2D eigenvalue weighted by Gasteiger charge is -2.10. The summed E-state index contributed by atoms with van der Waals surface area (Å²) in [5.41, 5.74) is 7.15. The highest BCUT2D eigenvalue weighted by atomic mass is 32.2. The highest BCUT2D eigenvalue weighted by molar-refractivity contribution is 7.90. The predicted octanol–water partition coefficient (Wildman–Crippen LogP) is 5.50. The molecule has 0 bridgehead atoms. The summed E-state index contributed by atoms with van der Waals surface area (Å²) in [4.78, 5) is 33.1. The van der Waals surface area contributed by atoms with Crippen molar-refractivity contribution in [3.05, 3.63) is 79.1 Å². The van der Waals surface area contributed by atoms with E-state index >= 15 is 0 Å². The monoisotopic (exact) mass is 588 g/mol. The number of aryl methyl sites for hydroxylation is 4. The molecule has 0 aliphatic heterocycles. The van der Waals surface area contributed by atoms with Crippen LogP contribution in [0.1, 0.15) is 37.1 Å². The minimum Gasteiger partial charge on any atom is -0.354 e. The highest BCUT2D eigenvalue weighted by Crippen LogP contribution is 2.25.